The summed E-state index contributed by atoms with van der Waals surface area (Å²) in [6, 6.07) is 58.7. The highest BCUT2D eigenvalue weighted by atomic mass is 32.2. The van der Waals surface area contributed by atoms with Gasteiger partial charge >= 0.3 is 0 Å². The number of rotatable bonds is 1. The molecular weight excluding hydrogens is 838 g/mol. The Bertz CT molecular complexity index is 3510. The van der Waals surface area contributed by atoms with Crippen molar-refractivity contribution in [1.29, 1.82) is 0 Å². The van der Waals surface area contributed by atoms with Gasteiger partial charge in [-0.3, -0.25) is 0 Å². The Labute approximate surface area is 397 Å². The summed E-state index contributed by atoms with van der Waals surface area (Å²) < 4.78 is 10.2. The molecule has 4 heterocycles. The van der Waals surface area contributed by atoms with Gasteiger partial charge in [-0.25, -0.2) is 0 Å². The van der Waals surface area contributed by atoms with Crippen molar-refractivity contribution in [3.63, 3.8) is 0 Å². The third kappa shape index (κ3) is 5.50. The monoisotopic (exact) mass is 889 g/mol. The van der Waals surface area contributed by atoms with Crippen molar-refractivity contribution < 1.29 is 4.74 Å². The molecule has 5 heteroatoms. The molecule has 0 fully saturated rings. The van der Waals surface area contributed by atoms with E-state index in [9.17, 15) is 0 Å². The summed E-state index contributed by atoms with van der Waals surface area (Å²) in [6.45, 7) is 20.8. The van der Waals surface area contributed by atoms with E-state index in [1.165, 1.54) is 108 Å². The molecule has 0 amide bonds. The Morgan fingerprint density at radius 2 is 1.15 bits per heavy atom. The molecule has 1 spiro atoms. The van der Waals surface area contributed by atoms with Crippen LogP contribution in [0.1, 0.15) is 101 Å². The number of nitrogens with zero attached hydrogens (tertiary/aromatic N) is 1. The highest BCUT2D eigenvalue weighted by molar-refractivity contribution is 7.99. The number of ether oxygens (including phenoxy) is 1. The van der Waals surface area contributed by atoms with Crippen LogP contribution in [0, 0.1) is 0 Å². The Kier molecular flexibility index (Phi) is 8.27. The van der Waals surface area contributed by atoms with Crippen LogP contribution in [0.4, 0.5) is 17.1 Å². The second kappa shape index (κ2) is 13.6. The molecular formula is C61H52BNOS2. The quantitative estimate of drug-likeness (QED) is 0.152. The maximum Gasteiger partial charge on any atom is 0.256 e. The van der Waals surface area contributed by atoms with Crippen LogP contribution in [-0.4, -0.2) is 6.71 Å². The Morgan fingerprint density at radius 1 is 0.500 bits per heavy atom. The molecule has 3 aliphatic heterocycles. The van der Waals surface area contributed by atoms with Gasteiger partial charge in [0, 0.05) is 47.0 Å². The summed E-state index contributed by atoms with van der Waals surface area (Å²) in [7, 11) is 0. The molecule has 0 atom stereocenters. The van der Waals surface area contributed by atoms with E-state index in [4.69, 9.17) is 4.74 Å². The zero-order chi connectivity index (χ0) is 45.2. The van der Waals surface area contributed by atoms with Gasteiger partial charge < -0.3 is 9.64 Å². The molecule has 0 saturated carbocycles. The van der Waals surface area contributed by atoms with Crippen LogP contribution in [0.15, 0.2) is 161 Å². The van der Waals surface area contributed by atoms with E-state index in [0.717, 1.165) is 17.2 Å². The molecule has 0 radical (unpaired) electrons. The first-order valence-corrected chi connectivity index (χ1v) is 25.2. The first kappa shape index (κ1) is 40.3. The third-order valence-corrected chi connectivity index (χ3v) is 17.3. The lowest BCUT2D eigenvalue weighted by Crippen LogP contribution is -2.60. The van der Waals surface area contributed by atoms with Crippen LogP contribution in [0.5, 0.6) is 11.5 Å². The first-order chi connectivity index (χ1) is 31.6. The van der Waals surface area contributed by atoms with Gasteiger partial charge in [-0.05, 0) is 143 Å². The summed E-state index contributed by atoms with van der Waals surface area (Å²) >= 11 is 3.81. The zero-order valence-corrected chi connectivity index (χ0v) is 40.8. The van der Waals surface area contributed by atoms with E-state index in [-0.39, 0.29) is 23.0 Å². The molecule has 0 saturated heterocycles. The smallest absolute Gasteiger partial charge is 0.256 e. The molecule has 4 aliphatic rings. The average molecular weight is 890 g/mol. The van der Waals surface area contributed by atoms with E-state index in [2.05, 4.69) is 219 Å². The van der Waals surface area contributed by atoms with Gasteiger partial charge in [-0.1, -0.05) is 165 Å². The maximum atomic E-state index is 7.53. The zero-order valence-electron chi connectivity index (χ0n) is 39.2. The number of thiophene rings is 1. The summed E-state index contributed by atoms with van der Waals surface area (Å²) in [4.78, 5) is 5.15. The Balaban J connectivity index is 1.16. The largest absolute Gasteiger partial charge is 0.458 e. The van der Waals surface area contributed by atoms with E-state index in [1.807, 2.05) is 23.1 Å². The minimum atomic E-state index is -0.542. The van der Waals surface area contributed by atoms with Crippen LogP contribution in [0.3, 0.4) is 0 Å². The van der Waals surface area contributed by atoms with Gasteiger partial charge in [0.1, 0.15) is 11.5 Å². The summed E-state index contributed by atoms with van der Waals surface area (Å²) in [5, 5.41) is 2.66. The van der Waals surface area contributed by atoms with Crippen LogP contribution < -0.4 is 26.0 Å². The van der Waals surface area contributed by atoms with E-state index in [0.29, 0.717) is 0 Å². The predicted octanol–water partition coefficient (Wildman–Crippen LogP) is 15.2. The average Bonchev–Trinajstić information content (AvgIpc) is 3.80. The minimum absolute atomic E-state index is 0.0472. The molecule has 2 nitrogen and oxygen atoms in total. The van der Waals surface area contributed by atoms with Crippen molar-refractivity contribution >= 4 is 83.4 Å². The lowest BCUT2D eigenvalue weighted by molar-refractivity contribution is 0.483. The molecule has 8 aromatic carbocycles. The van der Waals surface area contributed by atoms with Crippen LogP contribution in [-0.2, 0) is 21.7 Å². The number of hydrogen-bond acceptors (Lipinski definition) is 4. The van der Waals surface area contributed by atoms with Crippen molar-refractivity contribution in [3.8, 4) is 22.6 Å². The van der Waals surface area contributed by atoms with Crippen molar-refractivity contribution in [2.75, 3.05) is 4.90 Å². The molecule has 1 aromatic heterocycles. The minimum Gasteiger partial charge on any atom is -0.458 e. The molecule has 0 bridgehead atoms. The third-order valence-electron chi connectivity index (χ3n) is 15.1. The fraction of sp³-hybridized carbons (Fsp3) is 0.213. The Hall–Kier alpha value is -6.01. The van der Waals surface area contributed by atoms with Crippen molar-refractivity contribution in [2.45, 2.75) is 93.8 Å². The highest BCUT2D eigenvalue weighted by Gasteiger charge is 2.53. The summed E-state index contributed by atoms with van der Waals surface area (Å²) in [5.74, 6) is 1.90. The Morgan fingerprint density at radius 3 is 1.85 bits per heavy atom. The van der Waals surface area contributed by atoms with E-state index in [1.54, 1.807) is 0 Å². The standard InChI is InChI=1S/C61H52BNOS2/c1-58(2,3)35-22-25-38(26-23-35)63-47-28-24-36(59(4,5)6)30-45(47)62-46-34-44-40(33-49(46)64-50-32-37(60(7,8)9)31-48(63)57(50)62)55-43(27-29-54-56(55)39-16-10-13-19-51(39)65-54)61(44)41-17-11-14-20-52(41)66-53-21-15-12-18-42(53)61/h10-34H,1-9H3. The second-order valence-corrected chi connectivity index (χ2v) is 24.3. The maximum absolute atomic E-state index is 7.53. The van der Waals surface area contributed by atoms with E-state index < -0.39 is 5.41 Å². The van der Waals surface area contributed by atoms with Crippen LogP contribution in [0.25, 0.3) is 31.3 Å². The summed E-state index contributed by atoms with van der Waals surface area (Å²) in [6.07, 6.45) is 0. The molecule has 13 rings (SSSR count). The van der Waals surface area contributed by atoms with Crippen molar-refractivity contribution in [2.24, 2.45) is 0 Å². The lowest BCUT2D eigenvalue weighted by Gasteiger charge is -2.43. The number of anilines is 3. The molecule has 66 heavy (non-hydrogen) atoms. The molecule has 0 N–H and O–H groups in total. The number of hydrogen-bond donors (Lipinski definition) is 0. The molecule has 0 unspecified atom stereocenters. The topological polar surface area (TPSA) is 12.5 Å². The molecule has 1 aliphatic carbocycles. The van der Waals surface area contributed by atoms with Crippen LogP contribution >= 0.6 is 23.1 Å². The molecule has 322 valence electrons. The predicted molar refractivity (Wildman–Crippen MR) is 283 cm³/mol. The van der Waals surface area contributed by atoms with Crippen molar-refractivity contribution in [1.82, 2.24) is 0 Å². The van der Waals surface area contributed by atoms with Crippen LogP contribution in [0.2, 0.25) is 0 Å². The normalized spacial score (nSPS) is 15.2. The fourth-order valence-electron chi connectivity index (χ4n) is 11.7. The van der Waals surface area contributed by atoms with Gasteiger partial charge in [0.05, 0.1) is 5.41 Å². The number of fused-ring (bicyclic) bond motifs is 17. The number of benzene rings is 8. The lowest BCUT2D eigenvalue weighted by atomic mass is 9.33. The second-order valence-electron chi connectivity index (χ2n) is 22.1. The van der Waals surface area contributed by atoms with Crippen molar-refractivity contribution in [3.05, 3.63) is 191 Å². The van der Waals surface area contributed by atoms with Gasteiger partial charge in [0.15, 0.2) is 0 Å². The van der Waals surface area contributed by atoms with Gasteiger partial charge in [-0.15, -0.1) is 11.3 Å². The van der Waals surface area contributed by atoms with E-state index >= 15 is 0 Å². The first-order valence-electron chi connectivity index (χ1n) is 23.5. The van der Waals surface area contributed by atoms with Gasteiger partial charge in [-0.2, -0.15) is 0 Å². The molecule has 9 aromatic rings. The van der Waals surface area contributed by atoms with Gasteiger partial charge in [0.2, 0.25) is 0 Å². The van der Waals surface area contributed by atoms with Gasteiger partial charge in [0.25, 0.3) is 6.71 Å². The summed E-state index contributed by atoms with van der Waals surface area (Å²) in [5.41, 5.74) is 18.6. The fourth-order valence-corrected chi connectivity index (χ4v) is 14.0. The highest BCUT2D eigenvalue weighted by Crippen LogP contribution is 2.64. The SMILES string of the molecule is CC(C)(C)c1ccc(N2c3ccc(C(C)(C)C)cc3B3c4cc5c(cc4Oc4cc(C(C)(C)C)cc2c43)-c2c(ccc3sc4ccccc4c23)C52c3ccccc3Sc3ccccc32)cc1.